The second kappa shape index (κ2) is 9.73. The Bertz CT molecular complexity index is 377. The van der Waals surface area contributed by atoms with Gasteiger partial charge in [-0.05, 0) is 45.1 Å². The number of piperidine rings is 1. The first-order chi connectivity index (χ1) is 11.8. The molecule has 1 aliphatic carbocycles. The first kappa shape index (κ1) is 18.2. The molecule has 138 valence electrons. The maximum Gasteiger partial charge on any atom is 0.221 e. The fourth-order valence-electron chi connectivity index (χ4n) is 4.43. The Morgan fingerprint density at radius 1 is 0.958 bits per heavy atom. The highest BCUT2D eigenvalue weighted by atomic mass is 16.7. The molecule has 1 saturated carbocycles. The molecule has 0 radical (unpaired) electrons. The second-order valence-electron chi connectivity index (χ2n) is 7.77. The van der Waals surface area contributed by atoms with E-state index in [2.05, 4.69) is 10.2 Å². The molecule has 2 saturated heterocycles. The molecule has 2 aliphatic heterocycles. The van der Waals surface area contributed by atoms with Gasteiger partial charge in [0.15, 0.2) is 0 Å². The van der Waals surface area contributed by atoms with Gasteiger partial charge >= 0.3 is 0 Å². The van der Waals surface area contributed by atoms with Gasteiger partial charge in [-0.2, -0.15) is 5.06 Å². The molecule has 0 aromatic carbocycles. The van der Waals surface area contributed by atoms with Gasteiger partial charge in [0.2, 0.25) is 5.91 Å². The summed E-state index contributed by atoms with van der Waals surface area (Å²) in [6.45, 7) is 4.77. The molecule has 2 heterocycles. The number of carbonyl (C=O) groups is 1. The first-order valence-electron chi connectivity index (χ1n) is 10.2. The third kappa shape index (κ3) is 5.71. The number of rotatable bonds is 5. The van der Waals surface area contributed by atoms with Gasteiger partial charge in [-0.15, -0.1) is 0 Å². The number of amides is 1. The Morgan fingerprint density at radius 3 is 2.54 bits per heavy atom. The van der Waals surface area contributed by atoms with Crippen LogP contribution < -0.4 is 5.32 Å². The minimum atomic E-state index is 0.192. The Kier molecular flexibility index (Phi) is 7.36. The highest BCUT2D eigenvalue weighted by Crippen LogP contribution is 2.24. The molecule has 0 spiro atoms. The number of carbonyl (C=O) groups excluding carboxylic acids is 1. The van der Waals surface area contributed by atoms with E-state index in [1.165, 1.54) is 57.9 Å². The minimum absolute atomic E-state index is 0.192. The largest absolute Gasteiger partial charge is 0.352 e. The molecular formula is C19H35N3O2. The molecule has 5 heteroatoms. The predicted octanol–water partition coefficient (Wildman–Crippen LogP) is 2.71. The van der Waals surface area contributed by atoms with Crippen LogP contribution >= 0.6 is 0 Å². The number of hydrogen-bond donors (Lipinski definition) is 1. The van der Waals surface area contributed by atoms with Crippen molar-refractivity contribution < 1.29 is 9.63 Å². The van der Waals surface area contributed by atoms with Crippen LogP contribution in [0.4, 0.5) is 0 Å². The van der Waals surface area contributed by atoms with Crippen molar-refractivity contribution in [2.75, 3.05) is 32.8 Å². The SMILES string of the molecule is O=C(CCN1CCCCO1)N[C@@H]1CCCN(C2CCCCCC2)C1. The van der Waals surface area contributed by atoms with Gasteiger partial charge in [0.05, 0.1) is 6.61 Å². The fraction of sp³-hybridized carbons (Fsp3) is 0.947. The zero-order valence-corrected chi connectivity index (χ0v) is 15.2. The van der Waals surface area contributed by atoms with E-state index in [1.807, 2.05) is 5.06 Å². The third-order valence-corrected chi connectivity index (χ3v) is 5.82. The number of hydrogen-bond acceptors (Lipinski definition) is 4. The standard InChI is InChI=1S/C19H35N3O2/c23-19(11-14-22-13-5-6-15-24-22)20-17-8-7-12-21(16-17)18-9-3-1-2-4-10-18/h17-18H,1-16H2,(H,20,23)/t17-/m1/s1. The van der Waals surface area contributed by atoms with E-state index in [1.54, 1.807) is 0 Å². The second-order valence-corrected chi connectivity index (χ2v) is 7.77. The van der Waals surface area contributed by atoms with Crippen molar-refractivity contribution in [3.05, 3.63) is 0 Å². The van der Waals surface area contributed by atoms with Crippen molar-refractivity contribution >= 4 is 5.91 Å². The van der Waals surface area contributed by atoms with Crippen LogP contribution in [0, 0.1) is 0 Å². The van der Waals surface area contributed by atoms with Crippen molar-refractivity contribution in [2.45, 2.75) is 82.7 Å². The number of nitrogens with zero attached hydrogens (tertiary/aromatic N) is 2. The summed E-state index contributed by atoms with van der Waals surface area (Å²) < 4.78 is 0. The summed E-state index contributed by atoms with van der Waals surface area (Å²) in [5.41, 5.74) is 0. The molecule has 0 unspecified atom stereocenters. The normalized spacial score (nSPS) is 28.4. The summed E-state index contributed by atoms with van der Waals surface area (Å²) in [7, 11) is 0. The minimum Gasteiger partial charge on any atom is -0.352 e. The molecule has 3 rings (SSSR count). The van der Waals surface area contributed by atoms with Crippen LogP contribution in [0.3, 0.4) is 0 Å². The van der Waals surface area contributed by atoms with Gasteiger partial charge < -0.3 is 5.32 Å². The Balaban J connectivity index is 1.38. The van der Waals surface area contributed by atoms with Crippen LogP contribution in [0.5, 0.6) is 0 Å². The van der Waals surface area contributed by atoms with Crippen LogP contribution in [-0.2, 0) is 9.63 Å². The third-order valence-electron chi connectivity index (χ3n) is 5.82. The number of nitrogens with one attached hydrogen (secondary N) is 1. The van der Waals surface area contributed by atoms with Crippen molar-refractivity contribution in [3.8, 4) is 0 Å². The molecule has 3 fully saturated rings. The lowest BCUT2D eigenvalue weighted by molar-refractivity contribution is -0.181. The van der Waals surface area contributed by atoms with Crippen molar-refractivity contribution in [3.63, 3.8) is 0 Å². The molecular weight excluding hydrogens is 302 g/mol. The lowest BCUT2D eigenvalue weighted by atomic mass is 10.00. The van der Waals surface area contributed by atoms with Crippen molar-refractivity contribution in [2.24, 2.45) is 0 Å². The monoisotopic (exact) mass is 337 g/mol. The average molecular weight is 338 g/mol. The summed E-state index contributed by atoms with van der Waals surface area (Å²) >= 11 is 0. The van der Waals surface area contributed by atoms with Crippen LogP contribution in [0.15, 0.2) is 0 Å². The van der Waals surface area contributed by atoms with Gasteiger partial charge in [-0.25, -0.2) is 0 Å². The average Bonchev–Trinajstić information content (AvgIpc) is 2.91. The molecule has 0 bridgehead atoms. The van der Waals surface area contributed by atoms with E-state index in [4.69, 9.17) is 4.84 Å². The lowest BCUT2D eigenvalue weighted by Crippen LogP contribution is -2.51. The highest BCUT2D eigenvalue weighted by molar-refractivity contribution is 5.76. The lowest BCUT2D eigenvalue weighted by Gasteiger charge is -2.38. The van der Waals surface area contributed by atoms with E-state index in [9.17, 15) is 4.79 Å². The van der Waals surface area contributed by atoms with E-state index < -0.39 is 0 Å². The van der Waals surface area contributed by atoms with Crippen LogP contribution in [0.2, 0.25) is 0 Å². The molecule has 3 aliphatic rings. The molecule has 1 amide bonds. The maximum absolute atomic E-state index is 12.3. The van der Waals surface area contributed by atoms with E-state index in [0.29, 0.717) is 12.5 Å². The summed E-state index contributed by atoms with van der Waals surface area (Å²) in [6, 6.07) is 1.10. The number of likely N-dealkylation sites (tertiary alicyclic amines) is 1. The van der Waals surface area contributed by atoms with Gasteiger partial charge in [0.25, 0.3) is 0 Å². The molecule has 0 aromatic rings. The number of hydroxylamine groups is 2. The summed E-state index contributed by atoms with van der Waals surface area (Å²) in [5.74, 6) is 0.192. The molecule has 24 heavy (non-hydrogen) atoms. The fourth-order valence-corrected chi connectivity index (χ4v) is 4.43. The molecule has 5 nitrogen and oxygen atoms in total. The Hall–Kier alpha value is -0.650. The zero-order chi connectivity index (χ0) is 16.6. The van der Waals surface area contributed by atoms with Gasteiger partial charge in [0, 0.05) is 38.1 Å². The van der Waals surface area contributed by atoms with Gasteiger partial charge in [-0.1, -0.05) is 25.7 Å². The van der Waals surface area contributed by atoms with Crippen molar-refractivity contribution in [1.29, 1.82) is 0 Å². The zero-order valence-electron chi connectivity index (χ0n) is 15.2. The quantitative estimate of drug-likeness (QED) is 0.784. The Morgan fingerprint density at radius 2 is 1.79 bits per heavy atom. The van der Waals surface area contributed by atoms with Crippen LogP contribution in [0.1, 0.15) is 70.6 Å². The van der Waals surface area contributed by atoms with Crippen LogP contribution in [-0.4, -0.2) is 60.7 Å². The predicted molar refractivity (Wildman–Crippen MR) is 95.6 cm³/mol. The Labute approximate surface area is 147 Å². The summed E-state index contributed by atoms with van der Waals surface area (Å²) in [5, 5.41) is 5.24. The first-order valence-corrected chi connectivity index (χ1v) is 10.2. The van der Waals surface area contributed by atoms with Crippen LogP contribution in [0.25, 0.3) is 0 Å². The summed E-state index contributed by atoms with van der Waals surface area (Å²) in [6.07, 6.45) is 13.5. The van der Waals surface area contributed by atoms with Gasteiger partial charge in [0.1, 0.15) is 0 Å². The van der Waals surface area contributed by atoms with E-state index in [0.717, 1.165) is 45.1 Å². The van der Waals surface area contributed by atoms with E-state index >= 15 is 0 Å². The topological polar surface area (TPSA) is 44.8 Å². The van der Waals surface area contributed by atoms with Gasteiger partial charge in [-0.3, -0.25) is 14.5 Å². The molecule has 0 aromatic heterocycles. The van der Waals surface area contributed by atoms with E-state index in [-0.39, 0.29) is 5.91 Å². The maximum atomic E-state index is 12.3. The molecule has 1 N–H and O–H groups in total. The highest BCUT2D eigenvalue weighted by Gasteiger charge is 2.27. The smallest absolute Gasteiger partial charge is 0.221 e. The summed E-state index contributed by atoms with van der Waals surface area (Å²) in [4.78, 5) is 20.5. The van der Waals surface area contributed by atoms with Crippen molar-refractivity contribution in [1.82, 2.24) is 15.3 Å². The molecule has 1 atom stereocenters.